The zero-order chi connectivity index (χ0) is 13.3. The van der Waals surface area contributed by atoms with Gasteiger partial charge in [0.15, 0.2) is 5.78 Å². The van der Waals surface area contributed by atoms with Crippen molar-refractivity contribution in [2.45, 2.75) is 33.7 Å². The van der Waals surface area contributed by atoms with E-state index < -0.39 is 0 Å². The van der Waals surface area contributed by atoms with Crippen LogP contribution in [0.1, 0.15) is 32.6 Å². The molecule has 1 unspecified atom stereocenters. The molecule has 1 atom stereocenters. The zero-order valence-corrected chi connectivity index (χ0v) is 11.6. The lowest BCUT2D eigenvalue weighted by molar-refractivity contribution is 0.0606. The van der Waals surface area contributed by atoms with Crippen molar-refractivity contribution in [2.24, 2.45) is 0 Å². The van der Waals surface area contributed by atoms with E-state index in [2.05, 4.69) is 25.2 Å². The molecule has 0 saturated carbocycles. The largest absolute Gasteiger partial charge is 0.378 e. The van der Waals surface area contributed by atoms with Crippen molar-refractivity contribution >= 4 is 5.78 Å². The van der Waals surface area contributed by atoms with Crippen LogP contribution in [0.5, 0.6) is 0 Å². The summed E-state index contributed by atoms with van der Waals surface area (Å²) >= 11 is 0. The minimum Gasteiger partial charge on any atom is -0.378 e. The molecule has 0 aliphatic carbocycles. The molecule has 1 aliphatic rings. The maximum Gasteiger partial charge on any atom is 0.182 e. The van der Waals surface area contributed by atoms with Gasteiger partial charge in [-0.2, -0.15) is 0 Å². The van der Waals surface area contributed by atoms with E-state index in [1.54, 1.807) is 0 Å². The third-order valence-corrected chi connectivity index (χ3v) is 3.85. The lowest BCUT2D eigenvalue weighted by atomic mass is 9.89. The van der Waals surface area contributed by atoms with E-state index >= 15 is 0 Å². The van der Waals surface area contributed by atoms with Crippen LogP contribution in [0.4, 0.5) is 0 Å². The summed E-state index contributed by atoms with van der Waals surface area (Å²) in [6.07, 6.45) is 0. The van der Waals surface area contributed by atoms with Gasteiger partial charge in [-0.25, -0.2) is 0 Å². The Balaban J connectivity index is 2.40. The highest BCUT2D eigenvalue weighted by atomic mass is 16.5. The third-order valence-electron chi connectivity index (χ3n) is 3.85. The zero-order valence-electron chi connectivity index (χ0n) is 11.6. The lowest BCUT2D eigenvalue weighted by Gasteiger charge is -2.25. The van der Waals surface area contributed by atoms with E-state index in [9.17, 15) is 4.79 Å². The Hall–Kier alpha value is -1.19. The summed E-state index contributed by atoms with van der Waals surface area (Å²) in [5, 5.41) is 3.24. The van der Waals surface area contributed by atoms with Crippen molar-refractivity contribution in [1.29, 1.82) is 0 Å². The molecule has 1 aliphatic heterocycles. The fourth-order valence-corrected chi connectivity index (χ4v) is 2.49. The highest BCUT2D eigenvalue weighted by Crippen LogP contribution is 2.23. The molecule has 1 aromatic rings. The van der Waals surface area contributed by atoms with E-state index in [1.165, 1.54) is 11.1 Å². The Morgan fingerprint density at radius 2 is 1.83 bits per heavy atom. The first kappa shape index (κ1) is 13.2. The molecule has 3 nitrogen and oxygen atoms in total. The maximum absolute atomic E-state index is 12.6. The Labute approximate surface area is 109 Å². The highest BCUT2D eigenvalue weighted by Gasteiger charge is 2.26. The number of carbonyl (C=O) groups excluding carboxylic acids is 1. The summed E-state index contributed by atoms with van der Waals surface area (Å²) in [6, 6.07) is 1.95. The van der Waals surface area contributed by atoms with Gasteiger partial charge in [0.25, 0.3) is 0 Å². The van der Waals surface area contributed by atoms with Gasteiger partial charge in [-0.05, 0) is 49.9 Å². The molecular weight excluding hydrogens is 226 g/mol. The second-order valence-electron chi connectivity index (χ2n) is 5.08. The van der Waals surface area contributed by atoms with Crippen LogP contribution in [0.2, 0.25) is 0 Å². The molecule has 0 aromatic heterocycles. The van der Waals surface area contributed by atoms with Crippen LogP contribution < -0.4 is 5.32 Å². The van der Waals surface area contributed by atoms with Crippen LogP contribution >= 0.6 is 0 Å². The highest BCUT2D eigenvalue weighted by molar-refractivity contribution is 6.03. The molecule has 1 saturated heterocycles. The summed E-state index contributed by atoms with van der Waals surface area (Å²) in [7, 11) is 0. The van der Waals surface area contributed by atoms with Crippen LogP contribution in [0.15, 0.2) is 6.07 Å². The van der Waals surface area contributed by atoms with Crippen LogP contribution in [-0.4, -0.2) is 31.6 Å². The molecule has 1 heterocycles. The van der Waals surface area contributed by atoms with Gasteiger partial charge < -0.3 is 10.1 Å². The van der Waals surface area contributed by atoms with E-state index in [1.807, 2.05) is 13.8 Å². The first-order chi connectivity index (χ1) is 8.52. The molecule has 98 valence electrons. The second kappa shape index (κ2) is 5.21. The van der Waals surface area contributed by atoms with Gasteiger partial charge in [-0.3, -0.25) is 4.79 Å². The normalized spacial score (nSPS) is 19.9. The minimum atomic E-state index is -0.197. The molecule has 1 aromatic carbocycles. The monoisotopic (exact) mass is 247 g/mol. The van der Waals surface area contributed by atoms with Crippen molar-refractivity contribution in [2.75, 3.05) is 19.8 Å². The molecule has 1 fully saturated rings. The summed E-state index contributed by atoms with van der Waals surface area (Å²) < 4.78 is 5.38. The number of hydrogen-bond acceptors (Lipinski definition) is 3. The summed E-state index contributed by atoms with van der Waals surface area (Å²) in [5.74, 6) is 0.163. The smallest absolute Gasteiger partial charge is 0.182 e. The van der Waals surface area contributed by atoms with Gasteiger partial charge in [0, 0.05) is 12.1 Å². The standard InChI is InChI=1S/C15H21NO2/c1-9-7-10(2)12(4)14(11(9)3)15(17)13-8-18-6-5-16-13/h7,13,16H,5-6,8H2,1-4H3. The van der Waals surface area contributed by atoms with Gasteiger partial charge in [0.05, 0.1) is 19.3 Å². The number of nitrogens with one attached hydrogen (secondary N) is 1. The molecule has 2 rings (SSSR count). The van der Waals surface area contributed by atoms with Gasteiger partial charge >= 0.3 is 0 Å². The predicted octanol–water partition coefficient (Wildman–Crippen LogP) is 2.09. The maximum atomic E-state index is 12.6. The number of hydrogen-bond donors (Lipinski definition) is 1. The second-order valence-corrected chi connectivity index (χ2v) is 5.08. The third kappa shape index (κ3) is 2.33. The molecule has 0 radical (unpaired) electrons. The Morgan fingerprint density at radius 1 is 1.22 bits per heavy atom. The quantitative estimate of drug-likeness (QED) is 0.813. The van der Waals surface area contributed by atoms with Crippen LogP contribution in [0, 0.1) is 27.7 Å². The minimum absolute atomic E-state index is 0.163. The van der Waals surface area contributed by atoms with Crippen molar-refractivity contribution in [3.63, 3.8) is 0 Å². The Morgan fingerprint density at radius 3 is 2.33 bits per heavy atom. The number of rotatable bonds is 2. The van der Waals surface area contributed by atoms with Crippen molar-refractivity contribution in [3.8, 4) is 0 Å². The van der Waals surface area contributed by atoms with Crippen LogP contribution in [-0.2, 0) is 4.74 Å². The predicted molar refractivity (Wildman–Crippen MR) is 72.3 cm³/mol. The van der Waals surface area contributed by atoms with E-state index in [4.69, 9.17) is 4.74 Å². The number of benzene rings is 1. The molecular formula is C15H21NO2. The van der Waals surface area contributed by atoms with Crippen LogP contribution in [0.3, 0.4) is 0 Å². The van der Waals surface area contributed by atoms with E-state index in [0.717, 1.165) is 23.2 Å². The first-order valence-corrected chi connectivity index (χ1v) is 6.45. The van der Waals surface area contributed by atoms with Gasteiger partial charge in [0.2, 0.25) is 0 Å². The van der Waals surface area contributed by atoms with Crippen molar-refractivity contribution < 1.29 is 9.53 Å². The van der Waals surface area contributed by atoms with E-state index in [0.29, 0.717) is 13.2 Å². The number of morpholine rings is 1. The van der Waals surface area contributed by atoms with Gasteiger partial charge in [0.1, 0.15) is 0 Å². The number of ether oxygens (including phenoxy) is 1. The number of carbonyl (C=O) groups is 1. The molecule has 1 N–H and O–H groups in total. The average Bonchev–Trinajstić information content (AvgIpc) is 2.37. The van der Waals surface area contributed by atoms with Gasteiger partial charge in [-0.15, -0.1) is 0 Å². The summed E-state index contributed by atoms with van der Waals surface area (Å²) in [5.41, 5.74) is 5.41. The van der Waals surface area contributed by atoms with E-state index in [-0.39, 0.29) is 11.8 Å². The summed E-state index contributed by atoms with van der Waals surface area (Å²) in [4.78, 5) is 12.6. The fraction of sp³-hybridized carbons (Fsp3) is 0.533. The first-order valence-electron chi connectivity index (χ1n) is 6.45. The SMILES string of the molecule is Cc1cc(C)c(C)c(C(=O)C2COCCN2)c1C. The Kier molecular flexibility index (Phi) is 3.83. The molecule has 0 spiro atoms. The molecule has 3 heteroatoms. The lowest BCUT2D eigenvalue weighted by Crippen LogP contribution is -2.46. The fourth-order valence-electron chi connectivity index (χ4n) is 2.49. The molecule has 0 amide bonds. The van der Waals surface area contributed by atoms with Crippen LogP contribution in [0.25, 0.3) is 0 Å². The molecule has 18 heavy (non-hydrogen) atoms. The molecule has 0 bridgehead atoms. The summed E-state index contributed by atoms with van der Waals surface area (Å²) in [6.45, 7) is 10.1. The van der Waals surface area contributed by atoms with Gasteiger partial charge in [-0.1, -0.05) is 6.07 Å². The average molecular weight is 247 g/mol. The number of Topliss-reactive ketones (excluding diaryl/α,β-unsaturated/α-hetero) is 1. The Bertz CT molecular complexity index is 448. The van der Waals surface area contributed by atoms with Crippen molar-refractivity contribution in [3.05, 3.63) is 33.9 Å². The number of ketones is 1. The topological polar surface area (TPSA) is 38.3 Å². The van der Waals surface area contributed by atoms with Crippen molar-refractivity contribution in [1.82, 2.24) is 5.32 Å². The number of aryl methyl sites for hydroxylation is 2.